The van der Waals surface area contributed by atoms with Crippen molar-refractivity contribution in [2.24, 2.45) is 5.92 Å². The highest BCUT2D eigenvalue weighted by Crippen LogP contribution is 2.30. The fourth-order valence-corrected chi connectivity index (χ4v) is 3.44. The van der Waals surface area contributed by atoms with Crippen LogP contribution in [0.3, 0.4) is 0 Å². The topological polar surface area (TPSA) is 52.6 Å². The number of piperidine rings is 2. The molecule has 1 aromatic carbocycles. The summed E-state index contributed by atoms with van der Waals surface area (Å²) in [6.45, 7) is 1.85. The Hall–Kier alpha value is -1.26. The lowest BCUT2D eigenvalue weighted by molar-refractivity contribution is -0.124. The standard InChI is InChI=1S/C15H19ClN2O2/c16-13-7-12(3-1-11(13)9-19)18-6-5-14-10(8-18)2-4-15(20)17-14/h1,3,7,10,14,19H,2,4-6,8-9H2,(H,17,20). The van der Waals surface area contributed by atoms with Crippen molar-refractivity contribution in [2.45, 2.75) is 31.9 Å². The summed E-state index contributed by atoms with van der Waals surface area (Å²) in [6.07, 6.45) is 2.59. The van der Waals surface area contributed by atoms with Crippen molar-refractivity contribution in [2.75, 3.05) is 18.0 Å². The zero-order valence-corrected chi connectivity index (χ0v) is 12.1. The number of benzene rings is 1. The molecule has 0 saturated carbocycles. The van der Waals surface area contributed by atoms with Crippen molar-refractivity contribution in [3.8, 4) is 0 Å². The van der Waals surface area contributed by atoms with Gasteiger partial charge in [-0.1, -0.05) is 17.7 Å². The van der Waals surface area contributed by atoms with Crippen LogP contribution in [0.5, 0.6) is 0 Å². The molecule has 2 atom stereocenters. The molecule has 3 rings (SSSR count). The first-order chi connectivity index (χ1) is 9.67. The highest BCUT2D eigenvalue weighted by molar-refractivity contribution is 6.31. The third-order valence-electron chi connectivity index (χ3n) is 4.39. The molecule has 2 N–H and O–H groups in total. The summed E-state index contributed by atoms with van der Waals surface area (Å²) in [5.74, 6) is 0.716. The number of aliphatic hydroxyl groups is 1. The Balaban J connectivity index is 1.73. The van der Waals surface area contributed by atoms with Crippen LogP contribution >= 0.6 is 11.6 Å². The number of hydrogen-bond acceptors (Lipinski definition) is 3. The zero-order chi connectivity index (χ0) is 14.1. The zero-order valence-electron chi connectivity index (χ0n) is 11.3. The fraction of sp³-hybridized carbons (Fsp3) is 0.533. The van der Waals surface area contributed by atoms with Gasteiger partial charge in [-0.25, -0.2) is 0 Å². The third kappa shape index (κ3) is 2.63. The van der Waals surface area contributed by atoms with E-state index in [1.165, 1.54) is 0 Å². The van der Waals surface area contributed by atoms with Crippen LogP contribution in [-0.4, -0.2) is 30.1 Å². The van der Waals surface area contributed by atoms with Crippen LogP contribution in [0.1, 0.15) is 24.8 Å². The number of rotatable bonds is 2. The van der Waals surface area contributed by atoms with Gasteiger partial charge in [-0.15, -0.1) is 0 Å². The molecule has 2 heterocycles. The van der Waals surface area contributed by atoms with Crippen LogP contribution in [0.4, 0.5) is 5.69 Å². The molecule has 108 valence electrons. The van der Waals surface area contributed by atoms with Gasteiger partial charge in [-0.05, 0) is 36.5 Å². The molecule has 0 spiro atoms. The molecule has 0 bridgehead atoms. The number of halogens is 1. The van der Waals surface area contributed by atoms with Gasteiger partial charge in [-0.3, -0.25) is 4.79 Å². The van der Waals surface area contributed by atoms with Gasteiger partial charge < -0.3 is 15.3 Å². The van der Waals surface area contributed by atoms with Crippen molar-refractivity contribution < 1.29 is 9.90 Å². The monoisotopic (exact) mass is 294 g/mol. The SMILES string of the molecule is O=C1CCC2CN(c3ccc(CO)c(Cl)c3)CCC2N1. The van der Waals surface area contributed by atoms with Crippen LogP contribution < -0.4 is 10.2 Å². The fourth-order valence-electron chi connectivity index (χ4n) is 3.21. The van der Waals surface area contributed by atoms with Crippen LogP contribution in [-0.2, 0) is 11.4 Å². The Morgan fingerprint density at radius 2 is 2.25 bits per heavy atom. The maximum atomic E-state index is 11.4. The lowest BCUT2D eigenvalue weighted by Crippen LogP contribution is -2.54. The van der Waals surface area contributed by atoms with Crippen molar-refractivity contribution in [3.63, 3.8) is 0 Å². The van der Waals surface area contributed by atoms with E-state index < -0.39 is 0 Å². The Morgan fingerprint density at radius 3 is 3.00 bits per heavy atom. The molecule has 0 radical (unpaired) electrons. The third-order valence-corrected chi connectivity index (χ3v) is 4.75. The Morgan fingerprint density at radius 1 is 1.40 bits per heavy atom. The van der Waals surface area contributed by atoms with E-state index in [2.05, 4.69) is 10.2 Å². The van der Waals surface area contributed by atoms with Gasteiger partial charge in [0.15, 0.2) is 0 Å². The van der Waals surface area contributed by atoms with Gasteiger partial charge in [0.25, 0.3) is 0 Å². The van der Waals surface area contributed by atoms with Crippen LogP contribution in [0, 0.1) is 5.92 Å². The molecule has 2 fully saturated rings. The number of fused-ring (bicyclic) bond motifs is 1. The number of carbonyl (C=O) groups excluding carboxylic acids is 1. The molecule has 1 aromatic rings. The number of carbonyl (C=O) groups is 1. The summed E-state index contributed by atoms with van der Waals surface area (Å²) in [4.78, 5) is 13.7. The van der Waals surface area contributed by atoms with Crippen LogP contribution in [0.2, 0.25) is 5.02 Å². The number of hydrogen-bond donors (Lipinski definition) is 2. The Labute approximate surface area is 123 Å². The Kier molecular flexibility index (Phi) is 3.85. The molecule has 0 aliphatic carbocycles. The molecule has 4 nitrogen and oxygen atoms in total. The first-order valence-corrected chi connectivity index (χ1v) is 7.49. The van der Waals surface area contributed by atoms with Crippen molar-refractivity contribution >= 4 is 23.2 Å². The molecule has 2 aliphatic heterocycles. The number of nitrogens with zero attached hydrogens (tertiary/aromatic N) is 1. The van der Waals surface area contributed by atoms with Gasteiger partial charge in [0.05, 0.1) is 6.61 Å². The number of nitrogens with one attached hydrogen (secondary N) is 1. The van der Waals surface area contributed by atoms with Crippen molar-refractivity contribution in [1.29, 1.82) is 0 Å². The van der Waals surface area contributed by atoms with Gasteiger partial charge in [0, 0.05) is 36.3 Å². The summed E-state index contributed by atoms with van der Waals surface area (Å²) in [5.41, 5.74) is 1.86. The average molecular weight is 295 g/mol. The van der Waals surface area contributed by atoms with Gasteiger partial charge in [-0.2, -0.15) is 0 Å². The van der Waals surface area contributed by atoms with Crippen molar-refractivity contribution in [1.82, 2.24) is 5.32 Å². The molecule has 2 unspecified atom stereocenters. The average Bonchev–Trinajstić information content (AvgIpc) is 2.46. The van der Waals surface area contributed by atoms with E-state index in [1.54, 1.807) is 0 Å². The van der Waals surface area contributed by atoms with E-state index in [1.807, 2.05) is 18.2 Å². The largest absolute Gasteiger partial charge is 0.392 e. The van der Waals surface area contributed by atoms with Gasteiger partial charge in [0.2, 0.25) is 5.91 Å². The smallest absolute Gasteiger partial charge is 0.220 e. The lowest BCUT2D eigenvalue weighted by Gasteiger charge is -2.42. The van der Waals surface area contributed by atoms with Gasteiger partial charge in [0.1, 0.15) is 0 Å². The second kappa shape index (κ2) is 5.62. The van der Waals surface area contributed by atoms with E-state index in [9.17, 15) is 4.79 Å². The highest BCUT2D eigenvalue weighted by Gasteiger charge is 2.33. The van der Waals surface area contributed by atoms with E-state index in [4.69, 9.17) is 16.7 Å². The van der Waals surface area contributed by atoms with E-state index in [-0.39, 0.29) is 12.5 Å². The Bertz CT molecular complexity index is 521. The molecule has 2 aliphatic rings. The van der Waals surface area contributed by atoms with E-state index in [0.29, 0.717) is 23.4 Å². The molecular weight excluding hydrogens is 276 g/mol. The molecule has 0 aromatic heterocycles. The minimum absolute atomic E-state index is 0.0319. The predicted molar refractivity (Wildman–Crippen MR) is 78.9 cm³/mol. The summed E-state index contributed by atoms with van der Waals surface area (Å²) < 4.78 is 0. The number of aliphatic hydroxyl groups excluding tert-OH is 1. The second-order valence-corrected chi connectivity index (χ2v) is 6.05. The summed E-state index contributed by atoms with van der Waals surface area (Å²) in [7, 11) is 0. The minimum Gasteiger partial charge on any atom is -0.392 e. The highest BCUT2D eigenvalue weighted by atomic mass is 35.5. The van der Waals surface area contributed by atoms with E-state index >= 15 is 0 Å². The maximum Gasteiger partial charge on any atom is 0.220 e. The van der Waals surface area contributed by atoms with Crippen LogP contribution in [0.25, 0.3) is 0 Å². The van der Waals surface area contributed by atoms with E-state index in [0.717, 1.165) is 37.2 Å². The first kappa shape index (κ1) is 13.7. The van der Waals surface area contributed by atoms with Crippen molar-refractivity contribution in [3.05, 3.63) is 28.8 Å². The lowest BCUT2D eigenvalue weighted by atomic mass is 9.85. The number of anilines is 1. The second-order valence-electron chi connectivity index (χ2n) is 5.64. The van der Waals surface area contributed by atoms with Crippen LogP contribution in [0.15, 0.2) is 18.2 Å². The predicted octanol–water partition coefficient (Wildman–Crippen LogP) is 1.94. The summed E-state index contributed by atoms with van der Waals surface area (Å²) in [5, 5.41) is 12.9. The molecule has 2 saturated heterocycles. The normalized spacial score (nSPS) is 26.1. The molecule has 20 heavy (non-hydrogen) atoms. The minimum atomic E-state index is -0.0319. The maximum absolute atomic E-state index is 11.4. The molecule has 5 heteroatoms. The van der Waals surface area contributed by atoms with Gasteiger partial charge >= 0.3 is 0 Å². The number of amides is 1. The summed E-state index contributed by atoms with van der Waals surface area (Å²) >= 11 is 6.16. The molecular formula is C15H19ClN2O2. The summed E-state index contributed by atoms with van der Waals surface area (Å²) in [6, 6.07) is 6.15. The first-order valence-electron chi connectivity index (χ1n) is 7.11. The quantitative estimate of drug-likeness (QED) is 0.876. The molecule has 1 amide bonds.